The number of pyridine rings is 1. The Hall–Kier alpha value is -3.09. The van der Waals surface area contributed by atoms with Crippen LogP contribution in [0, 0.1) is 5.92 Å². The fraction of sp³-hybridized carbons (Fsp3) is 0.409. The lowest BCUT2D eigenvalue weighted by molar-refractivity contribution is -0.143. The van der Waals surface area contributed by atoms with Crippen LogP contribution < -0.4 is 15.4 Å². The molecule has 7 heteroatoms. The SMILES string of the molecule is CCN1C(=O)CC[C@@H](C(=O)NCCNc2ccccn2)[C@@H]1c1cccc(OC)c1. The van der Waals surface area contributed by atoms with Crippen LogP contribution in [-0.2, 0) is 9.59 Å². The first-order chi connectivity index (χ1) is 14.1. The summed E-state index contributed by atoms with van der Waals surface area (Å²) in [5.41, 5.74) is 0.922. The molecule has 2 atom stereocenters. The number of likely N-dealkylation sites (tertiary alicyclic amines) is 1. The summed E-state index contributed by atoms with van der Waals surface area (Å²) in [5.74, 6) is 1.24. The van der Waals surface area contributed by atoms with Gasteiger partial charge in [-0.25, -0.2) is 4.98 Å². The summed E-state index contributed by atoms with van der Waals surface area (Å²) in [6, 6.07) is 13.0. The van der Waals surface area contributed by atoms with Crippen molar-refractivity contribution in [3.63, 3.8) is 0 Å². The van der Waals surface area contributed by atoms with E-state index in [4.69, 9.17) is 4.74 Å². The maximum atomic E-state index is 13.0. The average Bonchev–Trinajstić information content (AvgIpc) is 2.77. The fourth-order valence-corrected chi connectivity index (χ4v) is 3.81. The molecule has 1 aromatic heterocycles. The third-order valence-corrected chi connectivity index (χ3v) is 5.21. The summed E-state index contributed by atoms with van der Waals surface area (Å²) in [7, 11) is 1.61. The summed E-state index contributed by atoms with van der Waals surface area (Å²) in [4.78, 5) is 31.5. The number of hydrogen-bond donors (Lipinski definition) is 2. The van der Waals surface area contributed by atoms with E-state index in [1.54, 1.807) is 18.2 Å². The van der Waals surface area contributed by atoms with E-state index in [1.807, 2.05) is 49.4 Å². The lowest BCUT2D eigenvalue weighted by Crippen LogP contribution is -2.48. The molecule has 1 aliphatic heterocycles. The van der Waals surface area contributed by atoms with Gasteiger partial charge in [-0.1, -0.05) is 18.2 Å². The monoisotopic (exact) mass is 396 g/mol. The third kappa shape index (κ3) is 5.04. The second-order valence-corrected chi connectivity index (χ2v) is 6.98. The Kier molecular flexibility index (Phi) is 7.05. The molecule has 0 unspecified atom stereocenters. The van der Waals surface area contributed by atoms with Crippen LogP contribution in [0.25, 0.3) is 0 Å². The highest BCUT2D eigenvalue weighted by Gasteiger charge is 2.39. The number of nitrogens with one attached hydrogen (secondary N) is 2. The van der Waals surface area contributed by atoms with Crippen LogP contribution in [0.4, 0.5) is 5.82 Å². The van der Waals surface area contributed by atoms with E-state index in [9.17, 15) is 9.59 Å². The normalized spacial score (nSPS) is 19.0. The fourth-order valence-electron chi connectivity index (χ4n) is 3.81. The topological polar surface area (TPSA) is 83.6 Å². The van der Waals surface area contributed by atoms with Gasteiger partial charge in [0.15, 0.2) is 0 Å². The van der Waals surface area contributed by atoms with Gasteiger partial charge in [-0.3, -0.25) is 9.59 Å². The van der Waals surface area contributed by atoms with Crippen molar-refractivity contribution in [2.75, 3.05) is 32.1 Å². The standard InChI is InChI=1S/C22H28N4O3/c1-3-26-20(27)11-10-18(21(26)16-7-6-8-17(15-16)29-2)22(28)25-14-13-24-19-9-4-5-12-23-19/h4-9,12,15,18,21H,3,10-11,13-14H2,1-2H3,(H,23,24)(H,25,28)/t18-,21+/m1/s1. The Balaban J connectivity index is 1.68. The van der Waals surface area contributed by atoms with Crippen molar-refractivity contribution in [3.8, 4) is 5.75 Å². The number of anilines is 1. The molecule has 0 radical (unpaired) electrons. The predicted molar refractivity (Wildman–Crippen MR) is 112 cm³/mol. The summed E-state index contributed by atoms with van der Waals surface area (Å²) in [5, 5.41) is 6.19. The molecular formula is C22H28N4O3. The molecule has 0 bridgehead atoms. The molecule has 3 rings (SSSR count). The number of carbonyl (C=O) groups excluding carboxylic acids is 2. The van der Waals surface area contributed by atoms with Crippen molar-refractivity contribution in [2.45, 2.75) is 25.8 Å². The van der Waals surface area contributed by atoms with Crippen molar-refractivity contribution in [3.05, 3.63) is 54.2 Å². The molecule has 1 aromatic carbocycles. The van der Waals surface area contributed by atoms with Gasteiger partial charge in [0.2, 0.25) is 11.8 Å². The Morgan fingerprint density at radius 1 is 1.24 bits per heavy atom. The maximum absolute atomic E-state index is 13.0. The lowest BCUT2D eigenvalue weighted by Gasteiger charge is -2.40. The van der Waals surface area contributed by atoms with Crippen molar-refractivity contribution in [2.24, 2.45) is 5.92 Å². The van der Waals surface area contributed by atoms with Gasteiger partial charge < -0.3 is 20.3 Å². The first kappa shape index (κ1) is 20.6. The second-order valence-electron chi connectivity index (χ2n) is 6.98. The van der Waals surface area contributed by atoms with Gasteiger partial charge in [-0.05, 0) is 43.2 Å². The summed E-state index contributed by atoms with van der Waals surface area (Å²) < 4.78 is 5.34. The molecule has 1 aliphatic rings. The van der Waals surface area contributed by atoms with Gasteiger partial charge in [0, 0.05) is 32.3 Å². The number of hydrogen-bond acceptors (Lipinski definition) is 5. The minimum atomic E-state index is -0.297. The number of nitrogens with zero attached hydrogens (tertiary/aromatic N) is 2. The van der Waals surface area contributed by atoms with Gasteiger partial charge in [-0.2, -0.15) is 0 Å². The number of amides is 2. The molecule has 2 N–H and O–H groups in total. The van der Waals surface area contributed by atoms with Crippen LogP contribution >= 0.6 is 0 Å². The van der Waals surface area contributed by atoms with Gasteiger partial charge in [0.1, 0.15) is 11.6 Å². The largest absolute Gasteiger partial charge is 0.497 e. The highest BCUT2D eigenvalue weighted by molar-refractivity contribution is 5.85. The van der Waals surface area contributed by atoms with E-state index < -0.39 is 0 Å². The molecular weight excluding hydrogens is 368 g/mol. The molecule has 2 heterocycles. The zero-order chi connectivity index (χ0) is 20.6. The predicted octanol–water partition coefficient (Wildman–Crippen LogP) is 2.62. The summed E-state index contributed by atoms with van der Waals surface area (Å²) >= 11 is 0. The van der Waals surface area contributed by atoms with Crippen molar-refractivity contribution >= 4 is 17.6 Å². The Bertz CT molecular complexity index is 828. The number of aromatic nitrogens is 1. The molecule has 7 nitrogen and oxygen atoms in total. The van der Waals surface area contributed by atoms with Gasteiger partial charge in [0.25, 0.3) is 0 Å². The highest BCUT2D eigenvalue weighted by atomic mass is 16.5. The highest BCUT2D eigenvalue weighted by Crippen LogP contribution is 2.37. The van der Waals surface area contributed by atoms with Crippen LogP contribution in [0.2, 0.25) is 0 Å². The number of benzene rings is 1. The quantitative estimate of drug-likeness (QED) is 0.670. The summed E-state index contributed by atoms with van der Waals surface area (Å²) in [6.07, 6.45) is 2.65. The van der Waals surface area contributed by atoms with Crippen LogP contribution in [-0.4, -0.2) is 48.4 Å². The first-order valence-corrected chi connectivity index (χ1v) is 10.00. The van der Waals surface area contributed by atoms with Gasteiger partial charge >= 0.3 is 0 Å². The van der Waals surface area contributed by atoms with Gasteiger partial charge in [-0.15, -0.1) is 0 Å². The van der Waals surface area contributed by atoms with Crippen molar-refractivity contribution in [1.82, 2.24) is 15.2 Å². The molecule has 0 aliphatic carbocycles. The number of rotatable bonds is 8. The summed E-state index contributed by atoms with van der Waals surface area (Å²) in [6.45, 7) is 3.57. The lowest BCUT2D eigenvalue weighted by atomic mass is 9.83. The van der Waals surface area contributed by atoms with Crippen LogP contribution in [0.15, 0.2) is 48.7 Å². The Morgan fingerprint density at radius 3 is 2.83 bits per heavy atom. The van der Waals surface area contributed by atoms with E-state index >= 15 is 0 Å². The number of methoxy groups -OCH3 is 1. The smallest absolute Gasteiger partial charge is 0.225 e. The third-order valence-electron chi connectivity index (χ3n) is 5.21. The van der Waals surface area contributed by atoms with Crippen LogP contribution in [0.5, 0.6) is 5.75 Å². The van der Waals surface area contributed by atoms with Crippen molar-refractivity contribution < 1.29 is 14.3 Å². The van der Waals surface area contributed by atoms with E-state index in [-0.39, 0.29) is 23.8 Å². The van der Waals surface area contributed by atoms with E-state index in [1.165, 1.54) is 0 Å². The molecule has 1 saturated heterocycles. The minimum Gasteiger partial charge on any atom is -0.497 e. The van der Waals surface area contributed by atoms with E-state index in [2.05, 4.69) is 15.6 Å². The van der Waals surface area contributed by atoms with E-state index in [0.29, 0.717) is 32.5 Å². The van der Waals surface area contributed by atoms with Crippen LogP contribution in [0.3, 0.4) is 0 Å². The molecule has 2 amide bonds. The molecule has 2 aromatic rings. The first-order valence-electron chi connectivity index (χ1n) is 10.00. The molecule has 0 spiro atoms. The number of carbonyl (C=O) groups is 2. The van der Waals surface area contributed by atoms with E-state index in [0.717, 1.165) is 17.1 Å². The average molecular weight is 396 g/mol. The van der Waals surface area contributed by atoms with Crippen molar-refractivity contribution in [1.29, 1.82) is 0 Å². The molecule has 0 saturated carbocycles. The molecule has 29 heavy (non-hydrogen) atoms. The molecule has 1 fully saturated rings. The minimum absolute atomic E-state index is 0.0356. The number of piperidine rings is 1. The Labute approximate surface area is 171 Å². The maximum Gasteiger partial charge on any atom is 0.225 e. The second kappa shape index (κ2) is 9.91. The zero-order valence-electron chi connectivity index (χ0n) is 16.9. The molecule has 154 valence electrons. The van der Waals surface area contributed by atoms with Gasteiger partial charge in [0.05, 0.1) is 19.1 Å². The number of ether oxygens (including phenoxy) is 1. The Morgan fingerprint density at radius 2 is 2.10 bits per heavy atom. The van der Waals surface area contributed by atoms with Crippen LogP contribution in [0.1, 0.15) is 31.4 Å². The zero-order valence-corrected chi connectivity index (χ0v) is 16.9.